The maximum atomic E-state index is 12.0. The van der Waals surface area contributed by atoms with Crippen LogP contribution in [0, 0.1) is 17.2 Å². The zero-order valence-corrected chi connectivity index (χ0v) is 16.0. The molecule has 3 rings (SSSR count). The quantitative estimate of drug-likeness (QED) is 0.871. The molecule has 4 nitrogen and oxygen atoms in total. The Morgan fingerprint density at radius 1 is 1.36 bits per heavy atom. The number of hydrogen-bond acceptors (Lipinski definition) is 4. The fraction of sp³-hybridized carbons (Fsp3) is 0.368. The Kier molecular flexibility index (Phi) is 6.60. The summed E-state index contributed by atoms with van der Waals surface area (Å²) < 4.78 is 0. The van der Waals surface area contributed by atoms with Crippen LogP contribution in [0.3, 0.4) is 0 Å². The molecule has 1 aromatic heterocycles. The molecule has 25 heavy (non-hydrogen) atoms. The number of thiophene rings is 1. The van der Waals surface area contributed by atoms with E-state index < -0.39 is 0 Å². The van der Waals surface area contributed by atoms with Crippen molar-refractivity contribution < 1.29 is 4.79 Å². The second-order valence-corrected chi connectivity index (χ2v) is 7.52. The van der Waals surface area contributed by atoms with Crippen molar-refractivity contribution >= 4 is 34.7 Å². The lowest BCUT2D eigenvalue weighted by Crippen LogP contribution is -2.29. The van der Waals surface area contributed by atoms with Crippen LogP contribution >= 0.6 is 23.7 Å². The highest BCUT2D eigenvalue weighted by molar-refractivity contribution is 7.16. The van der Waals surface area contributed by atoms with Gasteiger partial charge in [-0.15, -0.1) is 23.7 Å². The number of anilines is 1. The molecule has 1 amide bonds. The van der Waals surface area contributed by atoms with Crippen LogP contribution in [0.2, 0.25) is 0 Å². The SMILES string of the molecule is CC(C)C(=O)Nc1sc2c(c1C#N)CCN(Cc1ccccc1)C2.Cl. The molecule has 0 atom stereocenters. The van der Waals surface area contributed by atoms with E-state index in [0.29, 0.717) is 10.6 Å². The van der Waals surface area contributed by atoms with Crippen molar-refractivity contribution in [2.24, 2.45) is 5.92 Å². The Hall–Kier alpha value is -1.87. The molecular formula is C19H22ClN3OS. The third kappa shape index (κ3) is 4.40. The normalized spacial score (nSPS) is 13.7. The highest BCUT2D eigenvalue weighted by Crippen LogP contribution is 2.37. The van der Waals surface area contributed by atoms with Gasteiger partial charge in [0.15, 0.2) is 0 Å². The average Bonchev–Trinajstić information content (AvgIpc) is 2.91. The molecule has 6 heteroatoms. The lowest BCUT2D eigenvalue weighted by atomic mass is 10.0. The van der Waals surface area contributed by atoms with Gasteiger partial charge < -0.3 is 5.32 Å². The molecule has 1 N–H and O–H groups in total. The number of halogens is 1. The van der Waals surface area contributed by atoms with Gasteiger partial charge in [-0.2, -0.15) is 5.26 Å². The minimum Gasteiger partial charge on any atom is -0.316 e. The number of fused-ring (bicyclic) bond motifs is 1. The molecule has 0 radical (unpaired) electrons. The van der Waals surface area contributed by atoms with Gasteiger partial charge in [0.1, 0.15) is 11.1 Å². The van der Waals surface area contributed by atoms with E-state index in [4.69, 9.17) is 0 Å². The van der Waals surface area contributed by atoms with Gasteiger partial charge in [-0.3, -0.25) is 9.69 Å². The van der Waals surface area contributed by atoms with Crippen molar-refractivity contribution in [1.82, 2.24) is 4.90 Å². The Morgan fingerprint density at radius 3 is 2.72 bits per heavy atom. The zero-order chi connectivity index (χ0) is 17.1. The Balaban J connectivity index is 0.00000225. The molecule has 0 saturated heterocycles. The van der Waals surface area contributed by atoms with Gasteiger partial charge >= 0.3 is 0 Å². The van der Waals surface area contributed by atoms with E-state index in [9.17, 15) is 10.1 Å². The van der Waals surface area contributed by atoms with Gasteiger partial charge in [-0.25, -0.2) is 0 Å². The molecule has 1 aliphatic rings. The first-order valence-corrected chi connectivity index (χ1v) is 9.02. The highest BCUT2D eigenvalue weighted by atomic mass is 35.5. The Morgan fingerprint density at radius 2 is 2.08 bits per heavy atom. The number of carbonyl (C=O) groups excluding carboxylic acids is 1. The smallest absolute Gasteiger partial charge is 0.227 e. The molecule has 132 valence electrons. The van der Waals surface area contributed by atoms with Gasteiger partial charge in [-0.05, 0) is 17.5 Å². The first-order chi connectivity index (χ1) is 11.6. The summed E-state index contributed by atoms with van der Waals surface area (Å²) in [5, 5.41) is 13.1. The van der Waals surface area contributed by atoms with Gasteiger partial charge in [0, 0.05) is 30.4 Å². The molecule has 2 heterocycles. The molecule has 0 aliphatic carbocycles. The standard InChI is InChI=1S/C19H21N3OS.ClH/c1-13(2)18(23)21-19-16(10-20)15-8-9-22(12-17(15)24-19)11-14-6-4-3-5-7-14;/h3-7,13H,8-9,11-12H2,1-2H3,(H,21,23);1H. The van der Waals surface area contributed by atoms with Crippen molar-refractivity contribution in [3.8, 4) is 6.07 Å². The minimum absolute atomic E-state index is 0. The van der Waals surface area contributed by atoms with Crippen LogP contribution in [0.15, 0.2) is 30.3 Å². The summed E-state index contributed by atoms with van der Waals surface area (Å²) in [4.78, 5) is 15.6. The van der Waals surface area contributed by atoms with Crippen LogP contribution in [0.25, 0.3) is 0 Å². The van der Waals surface area contributed by atoms with E-state index >= 15 is 0 Å². The fourth-order valence-corrected chi connectivity index (χ4v) is 4.14. The Bertz CT molecular complexity index is 780. The van der Waals surface area contributed by atoms with Crippen LogP contribution in [0.4, 0.5) is 5.00 Å². The van der Waals surface area contributed by atoms with E-state index in [1.54, 1.807) is 11.3 Å². The summed E-state index contributed by atoms with van der Waals surface area (Å²) in [6, 6.07) is 12.7. The largest absolute Gasteiger partial charge is 0.316 e. The van der Waals surface area contributed by atoms with E-state index in [2.05, 4.69) is 40.6 Å². The zero-order valence-electron chi connectivity index (χ0n) is 14.4. The predicted molar refractivity (Wildman–Crippen MR) is 104 cm³/mol. The van der Waals surface area contributed by atoms with Crippen molar-refractivity contribution in [3.05, 3.63) is 51.9 Å². The van der Waals surface area contributed by atoms with Crippen LogP contribution in [0.5, 0.6) is 0 Å². The molecule has 0 unspecified atom stereocenters. The molecule has 0 bridgehead atoms. The molecule has 0 spiro atoms. The summed E-state index contributed by atoms with van der Waals surface area (Å²) in [5.74, 6) is -0.128. The molecule has 1 aliphatic heterocycles. The number of nitrogens with zero attached hydrogens (tertiary/aromatic N) is 2. The second kappa shape index (κ2) is 8.48. The fourth-order valence-electron chi connectivity index (χ4n) is 2.90. The number of nitrogens with one attached hydrogen (secondary N) is 1. The van der Waals surface area contributed by atoms with Crippen molar-refractivity contribution in [2.45, 2.75) is 33.4 Å². The number of amides is 1. The monoisotopic (exact) mass is 375 g/mol. The van der Waals surface area contributed by atoms with Gasteiger partial charge in [0.25, 0.3) is 0 Å². The number of carbonyl (C=O) groups is 1. The van der Waals surface area contributed by atoms with E-state index in [-0.39, 0.29) is 24.2 Å². The third-order valence-corrected chi connectivity index (χ3v) is 5.39. The summed E-state index contributed by atoms with van der Waals surface area (Å²) in [7, 11) is 0. The van der Waals surface area contributed by atoms with Gasteiger partial charge in [-0.1, -0.05) is 44.2 Å². The van der Waals surface area contributed by atoms with Crippen molar-refractivity contribution in [3.63, 3.8) is 0 Å². The summed E-state index contributed by atoms with van der Waals surface area (Å²) in [5.41, 5.74) is 3.07. The van der Waals surface area contributed by atoms with Gasteiger partial charge in [0.2, 0.25) is 5.91 Å². The van der Waals surface area contributed by atoms with Crippen molar-refractivity contribution in [2.75, 3.05) is 11.9 Å². The lowest BCUT2D eigenvalue weighted by molar-refractivity contribution is -0.118. The second-order valence-electron chi connectivity index (χ2n) is 6.41. The maximum absolute atomic E-state index is 12.0. The van der Waals surface area contributed by atoms with Gasteiger partial charge in [0.05, 0.1) is 5.56 Å². The predicted octanol–water partition coefficient (Wildman–Crippen LogP) is 4.19. The Labute approximate surface area is 158 Å². The summed E-state index contributed by atoms with van der Waals surface area (Å²) in [6.45, 7) is 6.40. The number of rotatable bonds is 4. The molecule has 1 aromatic carbocycles. The first kappa shape index (κ1) is 19.5. The lowest BCUT2D eigenvalue weighted by Gasteiger charge is -2.26. The minimum atomic E-state index is -0.0924. The summed E-state index contributed by atoms with van der Waals surface area (Å²) >= 11 is 1.55. The molecule has 2 aromatic rings. The molecule has 0 saturated carbocycles. The average molecular weight is 376 g/mol. The van der Waals surface area contributed by atoms with Crippen LogP contribution < -0.4 is 5.32 Å². The molecular weight excluding hydrogens is 354 g/mol. The first-order valence-electron chi connectivity index (χ1n) is 8.20. The van der Waals surface area contributed by atoms with Crippen molar-refractivity contribution in [1.29, 1.82) is 5.26 Å². The number of hydrogen-bond donors (Lipinski definition) is 1. The van der Waals surface area contributed by atoms with Crippen LogP contribution in [0.1, 0.15) is 35.4 Å². The van der Waals surface area contributed by atoms with Crippen LogP contribution in [-0.4, -0.2) is 17.4 Å². The number of nitriles is 1. The molecule has 0 fully saturated rings. The van der Waals surface area contributed by atoms with Crippen LogP contribution in [-0.2, 0) is 24.3 Å². The third-order valence-electron chi connectivity index (χ3n) is 4.26. The van der Waals surface area contributed by atoms with E-state index in [1.165, 1.54) is 10.4 Å². The summed E-state index contributed by atoms with van der Waals surface area (Å²) in [6.07, 6.45) is 0.860. The number of benzene rings is 1. The van der Waals surface area contributed by atoms with E-state index in [0.717, 1.165) is 31.6 Å². The van der Waals surface area contributed by atoms with E-state index in [1.807, 2.05) is 19.9 Å². The topological polar surface area (TPSA) is 56.1 Å². The highest BCUT2D eigenvalue weighted by Gasteiger charge is 2.25. The maximum Gasteiger partial charge on any atom is 0.227 e.